The number of nitrogens with two attached hydrogens (primary N) is 1. The Hall–Kier alpha value is -1.07. The van der Waals surface area contributed by atoms with E-state index in [9.17, 15) is 8.42 Å². The summed E-state index contributed by atoms with van der Waals surface area (Å²) in [5.41, 5.74) is 6.74. The fourth-order valence-electron chi connectivity index (χ4n) is 1.79. The highest BCUT2D eigenvalue weighted by Crippen LogP contribution is 2.21. The number of unbranched alkanes of at least 4 members (excludes halogenated alkanes) is 3. The van der Waals surface area contributed by atoms with Gasteiger partial charge in [0.25, 0.3) is 10.1 Å². The maximum atomic E-state index is 11.2. The maximum absolute atomic E-state index is 11.2. The second-order valence-corrected chi connectivity index (χ2v) is 5.54. The number of benzene rings is 1. The van der Waals surface area contributed by atoms with E-state index in [0.29, 0.717) is 17.7 Å². The van der Waals surface area contributed by atoms with Gasteiger partial charge >= 0.3 is 0 Å². The predicted octanol–water partition coefficient (Wildman–Crippen LogP) is 2.64. The smallest absolute Gasteiger partial charge is 0.294 e. The molecule has 1 aromatic carbocycles. The molecule has 0 aliphatic carbocycles. The number of nitrogen functional groups attached to an aromatic ring is 1. The molecule has 17 heavy (non-hydrogen) atoms. The lowest BCUT2D eigenvalue weighted by Gasteiger charge is -2.08. The van der Waals surface area contributed by atoms with Gasteiger partial charge in [0.1, 0.15) is 0 Å². The SMILES string of the molecule is CCCCCCc1cc(N)ccc1S(=O)(=O)O. The van der Waals surface area contributed by atoms with E-state index in [-0.39, 0.29) is 4.90 Å². The lowest BCUT2D eigenvalue weighted by Crippen LogP contribution is -2.04. The first kappa shape index (κ1) is 14.0. The van der Waals surface area contributed by atoms with Crippen molar-refractivity contribution in [3.63, 3.8) is 0 Å². The lowest BCUT2D eigenvalue weighted by atomic mass is 10.1. The van der Waals surface area contributed by atoms with E-state index in [1.54, 1.807) is 6.07 Å². The van der Waals surface area contributed by atoms with Gasteiger partial charge in [-0.2, -0.15) is 8.42 Å². The molecule has 0 fully saturated rings. The number of aryl methyl sites for hydroxylation is 1. The Labute approximate surface area is 103 Å². The van der Waals surface area contributed by atoms with E-state index in [2.05, 4.69) is 6.92 Å². The van der Waals surface area contributed by atoms with Crippen molar-refractivity contribution in [1.82, 2.24) is 0 Å². The molecule has 96 valence electrons. The molecule has 1 rings (SSSR count). The fraction of sp³-hybridized carbons (Fsp3) is 0.500. The Morgan fingerprint density at radius 3 is 2.53 bits per heavy atom. The van der Waals surface area contributed by atoms with Gasteiger partial charge in [-0.1, -0.05) is 26.2 Å². The molecular formula is C12H19NO3S. The van der Waals surface area contributed by atoms with Crippen LogP contribution in [0.2, 0.25) is 0 Å². The van der Waals surface area contributed by atoms with Gasteiger partial charge < -0.3 is 5.73 Å². The third-order valence-corrected chi connectivity index (χ3v) is 3.62. The van der Waals surface area contributed by atoms with Crippen molar-refractivity contribution in [2.45, 2.75) is 43.9 Å². The Balaban J connectivity index is 2.85. The summed E-state index contributed by atoms with van der Waals surface area (Å²) in [6.45, 7) is 2.12. The largest absolute Gasteiger partial charge is 0.399 e. The van der Waals surface area contributed by atoms with Gasteiger partial charge in [0.2, 0.25) is 0 Å². The van der Waals surface area contributed by atoms with E-state index < -0.39 is 10.1 Å². The van der Waals surface area contributed by atoms with E-state index in [1.165, 1.54) is 12.1 Å². The first-order chi connectivity index (χ1) is 7.95. The third-order valence-electron chi connectivity index (χ3n) is 2.66. The Kier molecular flexibility index (Phi) is 4.96. The van der Waals surface area contributed by atoms with Crippen molar-refractivity contribution in [2.24, 2.45) is 0 Å². The van der Waals surface area contributed by atoms with Crippen molar-refractivity contribution in [3.8, 4) is 0 Å². The van der Waals surface area contributed by atoms with Crippen LogP contribution in [-0.2, 0) is 16.5 Å². The van der Waals surface area contributed by atoms with E-state index >= 15 is 0 Å². The third kappa shape index (κ3) is 4.36. The van der Waals surface area contributed by atoms with Crippen LogP contribution >= 0.6 is 0 Å². The van der Waals surface area contributed by atoms with Gasteiger partial charge in [-0.05, 0) is 36.6 Å². The van der Waals surface area contributed by atoms with E-state index in [0.717, 1.165) is 25.7 Å². The highest BCUT2D eigenvalue weighted by Gasteiger charge is 2.14. The normalized spacial score (nSPS) is 11.6. The molecule has 0 saturated carbocycles. The molecule has 0 radical (unpaired) electrons. The minimum Gasteiger partial charge on any atom is -0.399 e. The monoisotopic (exact) mass is 257 g/mol. The minimum atomic E-state index is -4.15. The molecule has 3 N–H and O–H groups in total. The molecule has 0 aliphatic rings. The second kappa shape index (κ2) is 6.02. The predicted molar refractivity (Wildman–Crippen MR) is 68.5 cm³/mol. The molecule has 0 bridgehead atoms. The van der Waals surface area contributed by atoms with Crippen molar-refractivity contribution in [1.29, 1.82) is 0 Å². The summed E-state index contributed by atoms with van der Waals surface area (Å²) >= 11 is 0. The standard InChI is InChI=1S/C12H19NO3S/c1-2-3-4-5-6-10-9-11(13)7-8-12(10)17(14,15)16/h7-9H,2-6,13H2,1H3,(H,14,15,16). The molecule has 0 unspecified atom stereocenters. The average Bonchev–Trinajstić information content (AvgIpc) is 2.23. The van der Waals surface area contributed by atoms with Crippen LogP contribution in [0.3, 0.4) is 0 Å². The molecule has 5 heteroatoms. The minimum absolute atomic E-state index is 0.0248. The molecule has 0 spiro atoms. The number of hydrogen-bond acceptors (Lipinski definition) is 3. The summed E-state index contributed by atoms with van der Waals surface area (Å²) in [7, 11) is -4.15. The first-order valence-corrected chi connectivity index (χ1v) is 7.25. The van der Waals surface area contributed by atoms with Crippen LogP contribution in [-0.4, -0.2) is 13.0 Å². The van der Waals surface area contributed by atoms with Crippen molar-refractivity contribution in [2.75, 3.05) is 5.73 Å². The molecule has 0 heterocycles. The molecule has 4 nitrogen and oxygen atoms in total. The van der Waals surface area contributed by atoms with Crippen LogP contribution in [0.1, 0.15) is 38.2 Å². The van der Waals surface area contributed by atoms with Crippen LogP contribution in [0, 0.1) is 0 Å². The van der Waals surface area contributed by atoms with Gasteiger partial charge in [0, 0.05) is 5.69 Å². The summed E-state index contributed by atoms with van der Waals surface area (Å²) in [4.78, 5) is -0.0248. The molecule has 0 amide bonds. The van der Waals surface area contributed by atoms with Crippen LogP contribution in [0.25, 0.3) is 0 Å². The highest BCUT2D eigenvalue weighted by atomic mass is 32.2. The van der Waals surface area contributed by atoms with E-state index in [1.807, 2.05) is 0 Å². The molecule has 0 atom stereocenters. The molecular weight excluding hydrogens is 238 g/mol. The molecule has 1 aromatic rings. The summed E-state index contributed by atoms with van der Waals surface area (Å²) < 4.78 is 31.4. The summed E-state index contributed by atoms with van der Waals surface area (Å²) in [5, 5.41) is 0. The first-order valence-electron chi connectivity index (χ1n) is 5.81. The van der Waals surface area contributed by atoms with Crippen molar-refractivity contribution in [3.05, 3.63) is 23.8 Å². The quantitative estimate of drug-likeness (QED) is 0.466. The van der Waals surface area contributed by atoms with Crippen molar-refractivity contribution >= 4 is 15.8 Å². The maximum Gasteiger partial charge on any atom is 0.294 e. The second-order valence-electron chi connectivity index (χ2n) is 4.15. The van der Waals surface area contributed by atoms with Crippen LogP contribution in [0.4, 0.5) is 5.69 Å². The zero-order valence-corrected chi connectivity index (χ0v) is 10.8. The number of anilines is 1. The van der Waals surface area contributed by atoms with Gasteiger partial charge in [-0.15, -0.1) is 0 Å². The Morgan fingerprint density at radius 1 is 1.24 bits per heavy atom. The van der Waals surface area contributed by atoms with Crippen molar-refractivity contribution < 1.29 is 13.0 Å². The molecule has 0 aromatic heterocycles. The Bertz CT molecular complexity index is 469. The number of hydrogen-bond donors (Lipinski definition) is 2. The highest BCUT2D eigenvalue weighted by molar-refractivity contribution is 7.85. The summed E-state index contributed by atoms with van der Waals surface area (Å²) in [5.74, 6) is 0. The van der Waals surface area contributed by atoms with E-state index in [4.69, 9.17) is 10.3 Å². The van der Waals surface area contributed by atoms with Crippen LogP contribution in [0.15, 0.2) is 23.1 Å². The summed E-state index contributed by atoms with van der Waals surface area (Å²) in [6.07, 6.45) is 4.84. The zero-order valence-electron chi connectivity index (χ0n) is 10.0. The number of rotatable bonds is 6. The van der Waals surface area contributed by atoms with Crippen LogP contribution in [0.5, 0.6) is 0 Å². The van der Waals surface area contributed by atoms with Gasteiger partial charge in [-0.25, -0.2) is 0 Å². The molecule has 0 aliphatic heterocycles. The lowest BCUT2D eigenvalue weighted by molar-refractivity contribution is 0.481. The van der Waals surface area contributed by atoms with Gasteiger partial charge in [-0.3, -0.25) is 4.55 Å². The zero-order chi connectivity index (χ0) is 12.9. The fourth-order valence-corrected chi connectivity index (χ4v) is 2.52. The topological polar surface area (TPSA) is 80.4 Å². The molecule has 0 saturated heterocycles. The Morgan fingerprint density at radius 2 is 1.94 bits per heavy atom. The average molecular weight is 257 g/mol. The summed E-state index contributed by atoms with van der Waals surface area (Å²) in [6, 6.07) is 4.47. The van der Waals surface area contributed by atoms with Crippen LogP contribution < -0.4 is 5.73 Å². The van der Waals surface area contributed by atoms with Gasteiger partial charge in [0.15, 0.2) is 0 Å². The van der Waals surface area contributed by atoms with Gasteiger partial charge in [0.05, 0.1) is 4.90 Å².